The van der Waals surface area contributed by atoms with Gasteiger partial charge in [-0.2, -0.15) is 0 Å². The number of hydrogen-bond donors (Lipinski definition) is 1. The lowest BCUT2D eigenvalue weighted by Gasteiger charge is -2.22. The summed E-state index contributed by atoms with van der Waals surface area (Å²) in [6, 6.07) is 7.92. The number of carbonyl (C=O) groups is 2. The first kappa shape index (κ1) is 18.6. The fourth-order valence-corrected chi connectivity index (χ4v) is 4.24. The van der Waals surface area contributed by atoms with Crippen molar-refractivity contribution in [1.29, 1.82) is 0 Å². The number of sulfonamides is 1. The Kier molecular flexibility index (Phi) is 5.12. The van der Waals surface area contributed by atoms with Gasteiger partial charge in [-0.1, -0.05) is 6.07 Å². The van der Waals surface area contributed by atoms with Crippen molar-refractivity contribution in [2.24, 2.45) is 5.14 Å². The molecule has 1 aromatic carbocycles. The number of ether oxygens (including phenoxy) is 1. The molecule has 1 aliphatic heterocycles. The van der Waals surface area contributed by atoms with E-state index in [9.17, 15) is 18.0 Å². The van der Waals surface area contributed by atoms with Crippen LogP contribution in [0.4, 0.5) is 5.69 Å². The first-order valence-electron chi connectivity index (χ1n) is 7.91. The van der Waals surface area contributed by atoms with Gasteiger partial charge >= 0.3 is 5.97 Å². The quantitative estimate of drug-likeness (QED) is 0.773. The lowest BCUT2D eigenvalue weighted by atomic mass is 10.1. The van der Waals surface area contributed by atoms with E-state index in [1.807, 2.05) is 24.4 Å². The molecule has 138 valence electrons. The van der Waals surface area contributed by atoms with Crippen molar-refractivity contribution in [3.8, 4) is 0 Å². The fourth-order valence-electron chi connectivity index (χ4n) is 2.98. The maximum atomic E-state index is 12.5. The van der Waals surface area contributed by atoms with Crippen LogP contribution < -0.4 is 10.0 Å². The molecule has 1 atom stereocenters. The third kappa shape index (κ3) is 3.95. The van der Waals surface area contributed by atoms with Gasteiger partial charge in [0.25, 0.3) is 5.91 Å². The molecule has 2 heterocycles. The van der Waals surface area contributed by atoms with E-state index in [1.165, 1.54) is 28.4 Å². The number of amides is 1. The maximum absolute atomic E-state index is 12.5. The second-order valence-corrected chi connectivity index (χ2v) is 8.66. The molecule has 1 aromatic heterocycles. The van der Waals surface area contributed by atoms with Crippen molar-refractivity contribution in [3.05, 3.63) is 46.2 Å². The summed E-state index contributed by atoms with van der Waals surface area (Å²) in [6.45, 7) is 1.49. The summed E-state index contributed by atoms with van der Waals surface area (Å²) in [6.07, 6.45) is 0.641. The predicted molar refractivity (Wildman–Crippen MR) is 97.4 cm³/mol. The van der Waals surface area contributed by atoms with Crippen molar-refractivity contribution in [1.82, 2.24) is 0 Å². The van der Waals surface area contributed by atoms with E-state index in [2.05, 4.69) is 0 Å². The zero-order chi connectivity index (χ0) is 18.9. The zero-order valence-corrected chi connectivity index (χ0v) is 15.7. The predicted octanol–water partition coefficient (Wildman–Crippen LogP) is 1.46. The Hall–Kier alpha value is -2.23. The third-order valence-corrected chi connectivity index (χ3v) is 5.91. The normalized spacial score (nSPS) is 16.4. The van der Waals surface area contributed by atoms with E-state index < -0.39 is 16.0 Å². The topological polar surface area (TPSA) is 107 Å². The number of primary sulfonamides is 1. The highest BCUT2D eigenvalue weighted by atomic mass is 32.2. The summed E-state index contributed by atoms with van der Waals surface area (Å²) in [5.41, 5.74) is 1.34. The first-order valence-corrected chi connectivity index (χ1v) is 10.3. The fraction of sp³-hybridized carbons (Fsp3) is 0.294. The molecular weight excluding hydrogens is 376 g/mol. The molecule has 0 saturated carbocycles. The highest BCUT2D eigenvalue weighted by Crippen LogP contribution is 2.33. The number of nitrogens with two attached hydrogens (primary N) is 1. The number of thiophene rings is 1. The van der Waals surface area contributed by atoms with E-state index in [0.717, 1.165) is 10.4 Å². The monoisotopic (exact) mass is 394 g/mol. The van der Waals surface area contributed by atoms with Gasteiger partial charge in [0.15, 0.2) is 6.61 Å². The van der Waals surface area contributed by atoms with Crippen LogP contribution in [0.2, 0.25) is 0 Å². The maximum Gasteiger partial charge on any atom is 0.311 e. The van der Waals surface area contributed by atoms with Crippen LogP contribution in [0.15, 0.2) is 40.6 Å². The van der Waals surface area contributed by atoms with Crippen LogP contribution in [0, 0.1) is 0 Å². The van der Waals surface area contributed by atoms with Crippen LogP contribution in [-0.4, -0.2) is 32.9 Å². The molecule has 3 rings (SSSR count). The molecule has 0 bridgehead atoms. The summed E-state index contributed by atoms with van der Waals surface area (Å²) < 4.78 is 28.0. The third-order valence-electron chi connectivity index (χ3n) is 4.12. The van der Waals surface area contributed by atoms with Gasteiger partial charge in [-0.25, -0.2) is 13.6 Å². The van der Waals surface area contributed by atoms with Crippen LogP contribution >= 0.6 is 11.3 Å². The van der Waals surface area contributed by atoms with Crippen molar-refractivity contribution >= 4 is 38.9 Å². The lowest BCUT2D eigenvalue weighted by Crippen LogP contribution is -2.38. The van der Waals surface area contributed by atoms with Crippen LogP contribution in [0.1, 0.15) is 17.4 Å². The van der Waals surface area contributed by atoms with Gasteiger partial charge in [-0.3, -0.25) is 9.59 Å². The van der Waals surface area contributed by atoms with Crippen LogP contribution in [0.25, 0.3) is 0 Å². The number of rotatable bonds is 5. The molecule has 0 fully saturated rings. The first-order chi connectivity index (χ1) is 12.3. The van der Waals surface area contributed by atoms with Crippen LogP contribution in [0.3, 0.4) is 0 Å². The molecule has 7 nitrogen and oxygen atoms in total. The molecule has 1 unspecified atom stereocenters. The molecule has 0 saturated heterocycles. The average Bonchev–Trinajstić information content (AvgIpc) is 3.17. The number of carbonyl (C=O) groups excluding carboxylic acids is 2. The molecule has 9 heteroatoms. The van der Waals surface area contributed by atoms with Crippen molar-refractivity contribution in [2.45, 2.75) is 30.7 Å². The molecule has 0 spiro atoms. The summed E-state index contributed by atoms with van der Waals surface area (Å²) in [5.74, 6) is -0.809. The van der Waals surface area contributed by atoms with E-state index in [-0.39, 0.29) is 29.9 Å². The van der Waals surface area contributed by atoms with Crippen molar-refractivity contribution in [2.75, 3.05) is 11.5 Å². The number of esters is 1. The van der Waals surface area contributed by atoms with E-state index in [4.69, 9.17) is 9.88 Å². The Bertz CT molecular complexity index is 938. The standard InChI is InChI=1S/C17H18N2O5S2/c1-11-7-12-8-14(26(18,22)23)4-5-15(12)19(11)16(20)10-24-17(21)9-13-3-2-6-25-13/h2-6,8,11H,7,9-10H2,1H3,(H2,18,22,23). The summed E-state index contributed by atoms with van der Waals surface area (Å²) >= 11 is 1.45. The minimum absolute atomic E-state index is 0.0140. The van der Waals surface area contributed by atoms with Gasteiger partial charge in [0, 0.05) is 16.6 Å². The SMILES string of the molecule is CC1Cc2cc(S(N)(=O)=O)ccc2N1C(=O)COC(=O)Cc1cccs1. The Labute approximate surface area is 155 Å². The minimum atomic E-state index is -3.80. The van der Waals surface area contributed by atoms with Gasteiger partial charge in [0.05, 0.1) is 11.3 Å². The molecule has 2 aromatic rings. The second-order valence-electron chi connectivity index (χ2n) is 6.07. The summed E-state index contributed by atoms with van der Waals surface area (Å²) in [5, 5.41) is 7.02. The Morgan fingerprint density at radius 3 is 2.77 bits per heavy atom. The van der Waals surface area contributed by atoms with Crippen molar-refractivity contribution in [3.63, 3.8) is 0 Å². The van der Waals surface area contributed by atoms with Crippen molar-refractivity contribution < 1.29 is 22.7 Å². The largest absolute Gasteiger partial charge is 0.455 e. The lowest BCUT2D eigenvalue weighted by molar-refractivity contribution is -0.147. The molecule has 26 heavy (non-hydrogen) atoms. The molecular formula is C17H18N2O5S2. The number of anilines is 1. The van der Waals surface area contributed by atoms with Gasteiger partial charge < -0.3 is 9.64 Å². The number of fused-ring (bicyclic) bond motifs is 1. The highest BCUT2D eigenvalue weighted by Gasteiger charge is 2.32. The van der Waals surface area contributed by atoms with E-state index >= 15 is 0 Å². The van der Waals surface area contributed by atoms with Crippen LogP contribution in [0.5, 0.6) is 0 Å². The van der Waals surface area contributed by atoms with Gasteiger partial charge in [-0.05, 0) is 48.6 Å². The number of nitrogens with zero attached hydrogens (tertiary/aromatic N) is 1. The van der Waals surface area contributed by atoms with Gasteiger partial charge in [-0.15, -0.1) is 11.3 Å². The molecule has 1 aliphatic rings. The van der Waals surface area contributed by atoms with Crippen LogP contribution in [-0.2, 0) is 37.2 Å². The van der Waals surface area contributed by atoms with Gasteiger partial charge in [0.1, 0.15) is 0 Å². The zero-order valence-electron chi connectivity index (χ0n) is 14.0. The number of benzene rings is 1. The molecule has 0 radical (unpaired) electrons. The van der Waals surface area contributed by atoms with E-state index in [0.29, 0.717) is 12.1 Å². The molecule has 0 aliphatic carbocycles. The Morgan fingerprint density at radius 1 is 1.35 bits per heavy atom. The second kappa shape index (κ2) is 7.18. The van der Waals surface area contributed by atoms with Gasteiger partial charge in [0.2, 0.25) is 10.0 Å². The highest BCUT2D eigenvalue weighted by molar-refractivity contribution is 7.89. The summed E-state index contributed by atoms with van der Waals surface area (Å²) in [7, 11) is -3.80. The Balaban J connectivity index is 1.68. The number of hydrogen-bond acceptors (Lipinski definition) is 6. The summed E-state index contributed by atoms with van der Waals surface area (Å²) in [4.78, 5) is 26.8. The molecule has 2 N–H and O–H groups in total. The smallest absolute Gasteiger partial charge is 0.311 e. The van der Waals surface area contributed by atoms with E-state index in [1.54, 1.807) is 6.07 Å². The molecule has 1 amide bonds. The Morgan fingerprint density at radius 2 is 2.12 bits per heavy atom. The minimum Gasteiger partial charge on any atom is -0.455 e. The average molecular weight is 394 g/mol.